The molecule has 0 saturated heterocycles. The van der Waals surface area contributed by atoms with Crippen LogP contribution in [0.4, 0.5) is 0 Å². The van der Waals surface area contributed by atoms with E-state index in [0.29, 0.717) is 12.5 Å². The third-order valence-electron chi connectivity index (χ3n) is 2.31. The average Bonchev–Trinajstić information content (AvgIpc) is 2.13. The van der Waals surface area contributed by atoms with Gasteiger partial charge in [-0.15, -0.1) is 0 Å². The van der Waals surface area contributed by atoms with Crippen LogP contribution >= 0.6 is 0 Å². The largest absolute Gasteiger partial charge is 0.356 e. The van der Waals surface area contributed by atoms with E-state index in [9.17, 15) is 4.79 Å². The van der Waals surface area contributed by atoms with Crippen molar-refractivity contribution in [3.63, 3.8) is 0 Å². The topological polar surface area (TPSA) is 55.1 Å². The van der Waals surface area contributed by atoms with Gasteiger partial charge >= 0.3 is 0 Å². The van der Waals surface area contributed by atoms with E-state index in [-0.39, 0.29) is 11.8 Å². The summed E-state index contributed by atoms with van der Waals surface area (Å²) in [5, 5.41) is 2.94. The van der Waals surface area contributed by atoms with Gasteiger partial charge in [0.2, 0.25) is 5.91 Å². The highest BCUT2D eigenvalue weighted by Crippen LogP contribution is 2.04. The molecule has 0 heterocycles. The Hall–Kier alpha value is -0.570. The molecule has 1 atom stereocenters. The molecule has 14 heavy (non-hydrogen) atoms. The fourth-order valence-electron chi connectivity index (χ4n) is 1.21. The summed E-state index contributed by atoms with van der Waals surface area (Å²) in [6, 6.07) is 0. The van der Waals surface area contributed by atoms with E-state index in [1.54, 1.807) is 0 Å². The van der Waals surface area contributed by atoms with Crippen LogP contribution in [-0.4, -0.2) is 19.0 Å². The Balaban J connectivity index is 3.52. The van der Waals surface area contributed by atoms with Crippen molar-refractivity contribution in [1.29, 1.82) is 0 Å². The molecular formula is C11H24N2O. The number of nitrogens with one attached hydrogen (secondary N) is 1. The van der Waals surface area contributed by atoms with Crippen LogP contribution < -0.4 is 11.1 Å². The van der Waals surface area contributed by atoms with Crippen molar-refractivity contribution in [3.05, 3.63) is 0 Å². The molecule has 0 aromatic rings. The second-order valence-electron chi connectivity index (χ2n) is 4.31. The van der Waals surface area contributed by atoms with Crippen LogP contribution in [0.2, 0.25) is 0 Å². The Morgan fingerprint density at radius 3 is 2.43 bits per heavy atom. The zero-order valence-electron chi connectivity index (χ0n) is 9.68. The predicted molar refractivity (Wildman–Crippen MR) is 59.9 cm³/mol. The van der Waals surface area contributed by atoms with Crippen molar-refractivity contribution in [1.82, 2.24) is 5.32 Å². The molecule has 84 valence electrons. The van der Waals surface area contributed by atoms with Gasteiger partial charge in [0.15, 0.2) is 0 Å². The SMILES string of the molecule is CC(C)CCNC(=O)C(C)CCCN. The molecular weight excluding hydrogens is 176 g/mol. The molecule has 0 aromatic carbocycles. The maximum absolute atomic E-state index is 11.5. The monoisotopic (exact) mass is 200 g/mol. The highest BCUT2D eigenvalue weighted by molar-refractivity contribution is 5.78. The van der Waals surface area contributed by atoms with Gasteiger partial charge in [0, 0.05) is 12.5 Å². The zero-order valence-corrected chi connectivity index (χ0v) is 9.68. The van der Waals surface area contributed by atoms with Crippen molar-refractivity contribution < 1.29 is 4.79 Å². The minimum Gasteiger partial charge on any atom is -0.356 e. The Morgan fingerprint density at radius 2 is 1.93 bits per heavy atom. The van der Waals surface area contributed by atoms with E-state index in [2.05, 4.69) is 19.2 Å². The van der Waals surface area contributed by atoms with Crippen molar-refractivity contribution in [2.75, 3.05) is 13.1 Å². The maximum atomic E-state index is 11.5. The number of hydrogen-bond acceptors (Lipinski definition) is 2. The minimum atomic E-state index is 0.103. The van der Waals surface area contributed by atoms with E-state index in [0.717, 1.165) is 25.8 Å². The lowest BCUT2D eigenvalue weighted by molar-refractivity contribution is -0.124. The third-order valence-corrected chi connectivity index (χ3v) is 2.31. The molecule has 1 unspecified atom stereocenters. The van der Waals surface area contributed by atoms with Gasteiger partial charge in [-0.05, 0) is 31.7 Å². The fourth-order valence-corrected chi connectivity index (χ4v) is 1.21. The molecule has 0 spiro atoms. The van der Waals surface area contributed by atoms with E-state index in [1.807, 2.05) is 6.92 Å². The number of amides is 1. The van der Waals surface area contributed by atoms with Crippen LogP contribution in [0.25, 0.3) is 0 Å². The Morgan fingerprint density at radius 1 is 1.29 bits per heavy atom. The van der Waals surface area contributed by atoms with Gasteiger partial charge in [0.25, 0.3) is 0 Å². The summed E-state index contributed by atoms with van der Waals surface area (Å²) in [6.45, 7) is 7.74. The van der Waals surface area contributed by atoms with E-state index < -0.39 is 0 Å². The van der Waals surface area contributed by atoms with Gasteiger partial charge in [-0.3, -0.25) is 4.79 Å². The molecule has 0 aliphatic heterocycles. The second-order valence-corrected chi connectivity index (χ2v) is 4.31. The van der Waals surface area contributed by atoms with Crippen LogP contribution in [0, 0.1) is 11.8 Å². The Bertz CT molecular complexity index is 157. The summed E-state index contributed by atoms with van der Waals surface area (Å²) in [5.41, 5.74) is 5.39. The standard InChI is InChI=1S/C11H24N2O/c1-9(2)6-8-13-11(14)10(3)5-4-7-12/h9-10H,4-8,12H2,1-3H3,(H,13,14). The van der Waals surface area contributed by atoms with Crippen molar-refractivity contribution in [2.24, 2.45) is 17.6 Å². The van der Waals surface area contributed by atoms with Crippen molar-refractivity contribution in [3.8, 4) is 0 Å². The van der Waals surface area contributed by atoms with Gasteiger partial charge in [-0.1, -0.05) is 20.8 Å². The van der Waals surface area contributed by atoms with Gasteiger partial charge in [-0.25, -0.2) is 0 Å². The second kappa shape index (κ2) is 7.80. The lowest BCUT2D eigenvalue weighted by Crippen LogP contribution is -2.30. The molecule has 1 amide bonds. The Labute approximate surface area is 87.4 Å². The third kappa shape index (κ3) is 6.89. The smallest absolute Gasteiger partial charge is 0.222 e. The minimum absolute atomic E-state index is 0.103. The molecule has 0 fully saturated rings. The first-order valence-corrected chi connectivity index (χ1v) is 5.55. The van der Waals surface area contributed by atoms with Crippen LogP contribution in [0.15, 0.2) is 0 Å². The molecule has 0 aliphatic rings. The summed E-state index contributed by atoms with van der Waals surface area (Å²) in [4.78, 5) is 11.5. The first kappa shape index (κ1) is 13.4. The van der Waals surface area contributed by atoms with Crippen molar-refractivity contribution >= 4 is 5.91 Å². The summed E-state index contributed by atoms with van der Waals surface area (Å²) in [6.07, 6.45) is 2.87. The molecule has 0 radical (unpaired) electrons. The van der Waals surface area contributed by atoms with Crippen LogP contribution in [0.1, 0.15) is 40.0 Å². The molecule has 0 aliphatic carbocycles. The maximum Gasteiger partial charge on any atom is 0.222 e. The predicted octanol–water partition coefficient (Wildman–Crippen LogP) is 1.52. The number of rotatable bonds is 7. The summed E-state index contributed by atoms with van der Waals surface area (Å²) in [7, 11) is 0. The molecule has 0 aromatic heterocycles. The lowest BCUT2D eigenvalue weighted by Gasteiger charge is -2.12. The summed E-state index contributed by atoms with van der Waals surface area (Å²) >= 11 is 0. The quantitative estimate of drug-likeness (QED) is 0.654. The number of carbonyl (C=O) groups is 1. The number of hydrogen-bond donors (Lipinski definition) is 2. The van der Waals surface area contributed by atoms with E-state index in [1.165, 1.54) is 0 Å². The number of carbonyl (C=O) groups excluding carboxylic acids is 1. The van der Waals surface area contributed by atoms with Gasteiger partial charge in [-0.2, -0.15) is 0 Å². The summed E-state index contributed by atoms with van der Waals surface area (Å²) < 4.78 is 0. The molecule has 0 saturated carbocycles. The van der Waals surface area contributed by atoms with Crippen molar-refractivity contribution in [2.45, 2.75) is 40.0 Å². The van der Waals surface area contributed by atoms with Crippen LogP contribution in [0.3, 0.4) is 0 Å². The normalized spacial score (nSPS) is 12.9. The van der Waals surface area contributed by atoms with Crippen LogP contribution in [-0.2, 0) is 4.79 Å². The first-order valence-electron chi connectivity index (χ1n) is 5.55. The highest BCUT2D eigenvalue weighted by Gasteiger charge is 2.11. The lowest BCUT2D eigenvalue weighted by atomic mass is 10.0. The molecule has 0 rings (SSSR count). The highest BCUT2D eigenvalue weighted by atomic mass is 16.1. The van der Waals surface area contributed by atoms with E-state index >= 15 is 0 Å². The van der Waals surface area contributed by atoms with Gasteiger partial charge in [0.05, 0.1) is 0 Å². The van der Waals surface area contributed by atoms with Crippen LogP contribution in [0.5, 0.6) is 0 Å². The van der Waals surface area contributed by atoms with E-state index in [4.69, 9.17) is 5.73 Å². The summed E-state index contributed by atoms with van der Waals surface area (Å²) in [5.74, 6) is 0.916. The molecule has 0 bridgehead atoms. The fraction of sp³-hybridized carbons (Fsp3) is 0.909. The zero-order chi connectivity index (χ0) is 11.0. The molecule has 3 N–H and O–H groups in total. The first-order chi connectivity index (χ1) is 6.57. The Kier molecular flexibility index (Phi) is 7.48. The van der Waals surface area contributed by atoms with Gasteiger partial charge in [0.1, 0.15) is 0 Å². The number of nitrogens with two attached hydrogens (primary N) is 1. The molecule has 3 heteroatoms. The average molecular weight is 200 g/mol. The van der Waals surface area contributed by atoms with Gasteiger partial charge < -0.3 is 11.1 Å². The molecule has 3 nitrogen and oxygen atoms in total.